The van der Waals surface area contributed by atoms with Crippen molar-refractivity contribution in [1.82, 2.24) is 25.0 Å². The van der Waals surface area contributed by atoms with Crippen LogP contribution in [0.1, 0.15) is 63.5 Å². The standard InChI is InChI=1S/C22H40N6O2/c1-3-23-22(27-15-11-19(12-16-27)30-18-8-17-29-2)24-13-7-10-21-26-25-20-9-5-4-6-14-28(20)21/h19H,3-18H2,1-2H3,(H,23,24). The van der Waals surface area contributed by atoms with Crippen LogP contribution < -0.4 is 5.32 Å². The van der Waals surface area contributed by atoms with Gasteiger partial charge in [-0.15, -0.1) is 10.2 Å². The van der Waals surface area contributed by atoms with Gasteiger partial charge in [-0.05, 0) is 45.4 Å². The molecule has 1 aromatic heterocycles. The Kier molecular flexibility index (Phi) is 9.89. The molecule has 1 saturated heterocycles. The molecule has 170 valence electrons. The molecule has 30 heavy (non-hydrogen) atoms. The fourth-order valence-corrected chi connectivity index (χ4v) is 4.27. The van der Waals surface area contributed by atoms with Gasteiger partial charge in [-0.25, -0.2) is 0 Å². The van der Waals surface area contributed by atoms with E-state index < -0.39 is 0 Å². The van der Waals surface area contributed by atoms with Crippen LogP contribution in [0.25, 0.3) is 0 Å². The highest BCUT2D eigenvalue weighted by Gasteiger charge is 2.22. The molecule has 0 radical (unpaired) electrons. The predicted molar refractivity (Wildman–Crippen MR) is 119 cm³/mol. The summed E-state index contributed by atoms with van der Waals surface area (Å²) in [6, 6.07) is 0. The molecule has 0 aliphatic carbocycles. The summed E-state index contributed by atoms with van der Waals surface area (Å²) in [5.74, 6) is 3.35. The average molecular weight is 421 g/mol. The van der Waals surface area contributed by atoms with Crippen LogP contribution in [-0.4, -0.2) is 78.2 Å². The molecule has 0 aromatic carbocycles. The Morgan fingerprint density at radius 1 is 1.10 bits per heavy atom. The Bertz CT molecular complexity index is 640. The molecule has 1 aromatic rings. The summed E-state index contributed by atoms with van der Waals surface area (Å²) >= 11 is 0. The normalized spacial score (nSPS) is 18.3. The first-order valence-corrected chi connectivity index (χ1v) is 11.9. The lowest BCUT2D eigenvalue weighted by Crippen LogP contribution is -2.47. The van der Waals surface area contributed by atoms with Gasteiger partial charge in [-0.3, -0.25) is 4.99 Å². The number of piperidine rings is 1. The second kappa shape index (κ2) is 12.9. The number of likely N-dealkylation sites (tertiary alicyclic amines) is 1. The minimum absolute atomic E-state index is 0.365. The summed E-state index contributed by atoms with van der Waals surface area (Å²) in [5.41, 5.74) is 0. The second-order valence-corrected chi connectivity index (χ2v) is 8.24. The fraction of sp³-hybridized carbons (Fsp3) is 0.864. The van der Waals surface area contributed by atoms with E-state index in [9.17, 15) is 0 Å². The lowest BCUT2D eigenvalue weighted by atomic mass is 10.1. The van der Waals surface area contributed by atoms with Crippen LogP contribution in [0, 0.1) is 0 Å². The van der Waals surface area contributed by atoms with Gasteiger partial charge in [0.25, 0.3) is 0 Å². The van der Waals surface area contributed by atoms with Crippen LogP contribution in [0.3, 0.4) is 0 Å². The molecule has 0 bridgehead atoms. The maximum absolute atomic E-state index is 5.99. The minimum atomic E-state index is 0.365. The Morgan fingerprint density at radius 3 is 2.77 bits per heavy atom. The Balaban J connectivity index is 1.42. The van der Waals surface area contributed by atoms with Crippen LogP contribution in [0.5, 0.6) is 0 Å². The van der Waals surface area contributed by atoms with Crippen molar-refractivity contribution in [2.24, 2.45) is 4.99 Å². The smallest absolute Gasteiger partial charge is 0.193 e. The maximum Gasteiger partial charge on any atom is 0.193 e. The van der Waals surface area contributed by atoms with Gasteiger partial charge < -0.3 is 24.3 Å². The lowest BCUT2D eigenvalue weighted by molar-refractivity contribution is 0.00990. The number of aryl methyl sites for hydroxylation is 2. The summed E-state index contributed by atoms with van der Waals surface area (Å²) in [6.07, 6.45) is 10.3. The molecular formula is C22H40N6O2. The number of nitrogens with zero attached hydrogens (tertiary/aromatic N) is 5. The monoisotopic (exact) mass is 420 g/mol. The number of hydrogen-bond donors (Lipinski definition) is 1. The highest BCUT2D eigenvalue weighted by Crippen LogP contribution is 2.16. The maximum atomic E-state index is 5.99. The highest BCUT2D eigenvalue weighted by molar-refractivity contribution is 5.80. The fourth-order valence-electron chi connectivity index (χ4n) is 4.27. The topological polar surface area (TPSA) is 76.8 Å². The van der Waals surface area contributed by atoms with Crippen molar-refractivity contribution in [3.63, 3.8) is 0 Å². The van der Waals surface area contributed by atoms with Gasteiger partial charge >= 0.3 is 0 Å². The molecule has 0 atom stereocenters. The number of rotatable bonds is 10. The Labute approximate surface area is 181 Å². The number of nitrogens with one attached hydrogen (secondary N) is 1. The van der Waals surface area contributed by atoms with Gasteiger partial charge in [0.15, 0.2) is 5.96 Å². The quantitative estimate of drug-likeness (QED) is 0.356. The van der Waals surface area contributed by atoms with E-state index >= 15 is 0 Å². The third-order valence-corrected chi connectivity index (χ3v) is 5.93. The lowest BCUT2D eigenvalue weighted by Gasteiger charge is -2.34. The van der Waals surface area contributed by atoms with Gasteiger partial charge in [0, 0.05) is 65.9 Å². The average Bonchev–Trinajstić information content (AvgIpc) is 3.00. The molecule has 0 spiro atoms. The molecule has 0 saturated carbocycles. The molecule has 2 aliphatic heterocycles. The molecule has 2 aliphatic rings. The number of aromatic nitrogens is 3. The summed E-state index contributed by atoms with van der Waals surface area (Å²) in [5, 5.41) is 12.3. The molecule has 3 heterocycles. The van der Waals surface area contributed by atoms with Crippen molar-refractivity contribution in [3.8, 4) is 0 Å². The minimum Gasteiger partial charge on any atom is -0.385 e. The molecule has 3 rings (SSSR count). The SMILES string of the molecule is CCNC(=NCCCc1nnc2n1CCCCC2)N1CCC(OCCCOC)CC1. The first-order chi connectivity index (χ1) is 14.8. The van der Waals surface area contributed by atoms with Crippen molar-refractivity contribution in [1.29, 1.82) is 0 Å². The van der Waals surface area contributed by atoms with E-state index in [1.54, 1.807) is 7.11 Å². The number of fused-ring (bicyclic) bond motifs is 1. The molecular weight excluding hydrogens is 380 g/mol. The number of guanidine groups is 1. The highest BCUT2D eigenvalue weighted by atomic mass is 16.5. The summed E-state index contributed by atoms with van der Waals surface area (Å²) in [7, 11) is 1.74. The largest absolute Gasteiger partial charge is 0.385 e. The summed E-state index contributed by atoms with van der Waals surface area (Å²) in [4.78, 5) is 7.27. The third kappa shape index (κ3) is 6.94. The Morgan fingerprint density at radius 2 is 1.97 bits per heavy atom. The number of hydrogen-bond acceptors (Lipinski definition) is 5. The molecule has 1 N–H and O–H groups in total. The van der Waals surface area contributed by atoms with Gasteiger partial charge in [0.05, 0.1) is 6.10 Å². The van der Waals surface area contributed by atoms with Crippen LogP contribution in [0.15, 0.2) is 4.99 Å². The summed E-state index contributed by atoms with van der Waals surface area (Å²) < 4.78 is 13.4. The van der Waals surface area contributed by atoms with Crippen LogP contribution >= 0.6 is 0 Å². The van der Waals surface area contributed by atoms with Gasteiger partial charge in [-0.1, -0.05) is 6.42 Å². The predicted octanol–water partition coefficient (Wildman–Crippen LogP) is 2.42. The first kappa shape index (κ1) is 23.0. The van der Waals surface area contributed by atoms with Gasteiger partial charge in [0.1, 0.15) is 11.6 Å². The third-order valence-electron chi connectivity index (χ3n) is 5.93. The van der Waals surface area contributed by atoms with Crippen LogP contribution in [0.2, 0.25) is 0 Å². The van der Waals surface area contributed by atoms with E-state index in [0.29, 0.717) is 6.10 Å². The zero-order valence-corrected chi connectivity index (χ0v) is 18.9. The van der Waals surface area contributed by atoms with E-state index in [0.717, 1.165) is 96.2 Å². The molecule has 0 amide bonds. The zero-order chi connectivity index (χ0) is 21.0. The summed E-state index contributed by atoms with van der Waals surface area (Å²) in [6.45, 7) is 8.48. The van der Waals surface area contributed by atoms with Gasteiger partial charge in [-0.2, -0.15) is 0 Å². The second-order valence-electron chi connectivity index (χ2n) is 8.24. The van der Waals surface area contributed by atoms with E-state index in [2.05, 4.69) is 31.9 Å². The van der Waals surface area contributed by atoms with E-state index in [1.807, 2.05) is 0 Å². The number of ether oxygens (including phenoxy) is 2. The van der Waals surface area contributed by atoms with Crippen molar-refractivity contribution in [3.05, 3.63) is 11.6 Å². The van der Waals surface area contributed by atoms with E-state index in [1.165, 1.54) is 25.1 Å². The van der Waals surface area contributed by atoms with Crippen molar-refractivity contribution >= 4 is 5.96 Å². The van der Waals surface area contributed by atoms with Crippen LogP contribution in [0.4, 0.5) is 0 Å². The van der Waals surface area contributed by atoms with Gasteiger partial charge in [0.2, 0.25) is 0 Å². The molecule has 8 nitrogen and oxygen atoms in total. The molecule has 8 heteroatoms. The first-order valence-electron chi connectivity index (χ1n) is 11.9. The van der Waals surface area contributed by atoms with Crippen molar-refractivity contribution < 1.29 is 9.47 Å². The van der Waals surface area contributed by atoms with Crippen molar-refractivity contribution in [2.75, 3.05) is 46.5 Å². The van der Waals surface area contributed by atoms with Crippen molar-refractivity contribution in [2.45, 2.75) is 77.4 Å². The Hall–Kier alpha value is -1.67. The zero-order valence-electron chi connectivity index (χ0n) is 18.9. The van der Waals surface area contributed by atoms with Crippen LogP contribution in [-0.2, 0) is 28.9 Å². The number of aliphatic imine (C=N–C) groups is 1. The number of methoxy groups -OCH3 is 1. The molecule has 0 unspecified atom stereocenters. The van der Waals surface area contributed by atoms with E-state index in [4.69, 9.17) is 14.5 Å². The molecule has 1 fully saturated rings. The van der Waals surface area contributed by atoms with E-state index in [-0.39, 0.29) is 0 Å².